The number of rotatable bonds is 1. The summed E-state index contributed by atoms with van der Waals surface area (Å²) < 4.78 is 38.0. The van der Waals surface area contributed by atoms with Crippen LogP contribution in [-0.4, -0.2) is 28.6 Å². The lowest BCUT2D eigenvalue weighted by molar-refractivity contribution is -0.189. The van der Waals surface area contributed by atoms with Crippen molar-refractivity contribution in [1.82, 2.24) is 4.90 Å². The molecule has 1 heterocycles. The predicted octanol–water partition coefficient (Wildman–Crippen LogP) is 3.04. The van der Waals surface area contributed by atoms with Crippen molar-refractivity contribution in [3.8, 4) is 5.75 Å². The number of amides is 1. The zero-order valence-corrected chi connectivity index (χ0v) is 11.2. The first-order valence-electron chi connectivity index (χ1n) is 6.41. The van der Waals surface area contributed by atoms with Crippen molar-refractivity contribution in [2.45, 2.75) is 32.5 Å². The third-order valence-electron chi connectivity index (χ3n) is 3.54. The van der Waals surface area contributed by atoms with Gasteiger partial charge >= 0.3 is 12.1 Å². The fraction of sp³-hybridized carbons (Fsp3) is 0.500. The van der Waals surface area contributed by atoms with Gasteiger partial charge in [0, 0.05) is 6.54 Å². The van der Waals surface area contributed by atoms with Crippen molar-refractivity contribution in [2.75, 3.05) is 6.54 Å². The van der Waals surface area contributed by atoms with Crippen molar-refractivity contribution in [3.63, 3.8) is 0 Å². The third-order valence-corrected chi connectivity index (χ3v) is 3.54. The Morgan fingerprint density at radius 1 is 1.40 bits per heavy atom. The topological polar surface area (TPSA) is 40.5 Å². The van der Waals surface area contributed by atoms with Crippen molar-refractivity contribution < 1.29 is 23.1 Å². The lowest BCUT2D eigenvalue weighted by atomic mass is 9.86. The maximum atomic E-state index is 12.7. The Morgan fingerprint density at radius 2 is 2.05 bits per heavy atom. The molecule has 1 aromatic carbocycles. The van der Waals surface area contributed by atoms with Crippen LogP contribution in [0.25, 0.3) is 0 Å². The van der Waals surface area contributed by atoms with E-state index >= 15 is 0 Å². The van der Waals surface area contributed by atoms with Gasteiger partial charge in [-0.1, -0.05) is 19.9 Å². The van der Waals surface area contributed by atoms with Crippen LogP contribution in [0.4, 0.5) is 13.2 Å². The first-order valence-corrected chi connectivity index (χ1v) is 6.41. The summed E-state index contributed by atoms with van der Waals surface area (Å²) in [5, 5.41) is 9.46. The zero-order chi connectivity index (χ0) is 15.1. The quantitative estimate of drug-likeness (QED) is 0.862. The molecule has 0 aromatic heterocycles. The van der Waals surface area contributed by atoms with E-state index in [1.165, 1.54) is 6.07 Å². The summed E-state index contributed by atoms with van der Waals surface area (Å²) >= 11 is 0. The standard InChI is InChI=1S/C14H16F3NO2/c1-8(2)12-11-4-3-10(19)7-9(11)5-6-18(12)13(20)14(15,16)17/h3-4,7-8,12,19H,5-6H2,1-2H3. The minimum absolute atomic E-state index is 0.0116. The van der Waals surface area contributed by atoms with Crippen LogP contribution in [0.15, 0.2) is 18.2 Å². The Balaban J connectivity index is 2.43. The Hall–Kier alpha value is -1.72. The second kappa shape index (κ2) is 5.00. The highest BCUT2D eigenvalue weighted by Crippen LogP contribution is 2.38. The first kappa shape index (κ1) is 14.7. The largest absolute Gasteiger partial charge is 0.508 e. The van der Waals surface area contributed by atoms with Crippen molar-refractivity contribution in [1.29, 1.82) is 0 Å². The Bertz CT molecular complexity index is 526. The average Bonchev–Trinajstić information content (AvgIpc) is 2.34. The van der Waals surface area contributed by atoms with E-state index in [2.05, 4.69) is 0 Å². The van der Waals surface area contributed by atoms with E-state index in [1.807, 2.05) is 0 Å². The molecule has 0 aliphatic carbocycles. The van der Waals surface area contributed by atoms with E-state index in [-0.39, 0.29) is 18.2 Å². The second-order valence-corrected chi connectivity index (χ2v) is 5.32. The van der Waals surface area contributed by atoms with Crippen LogP contribution in [-0.2, 0) is 11.2 Å². The Labute approximate surface area is 115 Å². The smallest absolute Gasteiger partial charge is 0.471 e. The lowest BCUT2D eigenvalue weighted by Gasteiger charge is -2.40. The molecular formula is C14H16F3NO2. The fourth-order valence-corrected chi connectivity index (χ4v) is 2.75. The fourth-order valence-electron chi connectivity index (χ4n) is 2.75. The monoisotopic (exact) mass is 287 g/mol. The van der Waals surface area contributed by atoms with Gasteiger partial charge in [-0.05, 0) is 35.6 Å². The molecule has 0 saturated carbocycles. The van der Waals surface area contributed by atoms with Crippen molar-refractivity contribution in [3.05, 3.63) is 29.3 Å². The van der Waals surface area contributed by atoms with Gasteiger partial charge in [0.05, 0.1) is 6.04 Å². The zero-order valence-electron chi connectivity index (χ0n) is 11.2. The minimum atomic E-state index is -4.86. The summed E-state index contributed by atoms with van der Waals surface area (Å²) in [6.07, 6.45) is -4.55. The second-order valence-electron chi connectivity index (χ2n) is 5.32. The number of nitrogens with zero attached hydrogens (tertiary/aromatic N) is 1. The summed E-state index contributed by atoms with van der Waals surface area (Å²) in [4.78, 5) is 12.5. The number of halogens is 3. The SMILES string of the molecule is CC(C)C1c2ccc(O)cc2CCN1C(=O)C(F)(F)F. The number of hydrogen-bond acceptors (Lipinski definition) is 2. The van der Waals surface area contributed by atoms with Crippen LogP contribution in [0.1, 0.15) is 31.0 Å². The molecule has 1 aromatic rings. The van der Waals surface area contributed by atoms with Crippen LogP contribution in [0.3, 0.4) is 0 Å². The van der Waals surface area contributed by atoms with Crippen LogP contribution in [0, 0.1) is 5.92 Å². The van der Waals surface area contributed by atoms with E-state index in [1.54, 1.807) is 26.0 Å². The van der Waals surface area contributed by atoms with Gasteiger partial charge in [0.15, 0.2) is 0 Å². The molecule has 110 valence electrons. The molecule has 1 aliphatic rings. The highest BCUT2D eigenvalue weighted by molar-refractivity contribution is 5.82. The number of alkyl halides is 3. The van der Waals surface area contributed by atoms with Gasteiger partial charge in [0.1, 0.15) is 5.75 Å². The maximum absolute atomic E-state index is 12.7. The van der Waals surface area contributed by atoms with Crippen molar-refractivity contribution >= 4 is 5.91 Å². The maximum Gasteiger partial charge on any atom is 0.471 e. The third kappa shape index (κ3) is 2.59. The van der Waals surface area contributed by atoms with E-state index in [0.717, 1.165) is 10.5 Å². The molecule has 0 fully saturated rings. The molecule has 1 amide bonds. The number of phenols is 1. The molecule has 3 nitrogen and oxygen atoms in total. The molecule has 0 bridgehead atoms. The highest BCUT2D eigenvalue weighted by Gasteiger charge is 2.46. The van der Waals surface area contributed by atoms with E-state index in [9.17, 15) is 23.1 Å². The van der Waals surface area contributed by atoms with Gasteiger partial charge in [0.25, 0.3) is 0 Å². The number of phenolic OH excluding ortho intramolecular Hbond substituents is 1. The first-order chi connectivity index (χ1) is 9.21. The summed E-state index contributed by atoms with van der Waals surface area (Å²) in [6, 6.07) is 3.98. The van der Waals surface area contributed by atoms with E-state index < -0.39 is 18.1 Å². The summed E-state index contributed by atoms with van der Waals surface area (Å²) in [5.41, 5.74) is 1.48. The number of aromatic hydroxyl groups is 1. The molecule has 1 N–H and O–H groups in total. The van der Waals surface area contributed by atoms with E-state index in [4.69, 9.17) is 0 Å². The van der Waals surface area contributed by atoms with Gasteiger partial charge in [-0.25, -0.2) is 0 Å². The highest BCUT2D eigenvalue weighted by atomic mass is 19.4. The summed E-state index contributed by atoms with van der Waals surface area (Å²) in [6.45, 7) is 3.57. The van der Waals surface area contributed by atoms with Crippen LogP contribution >= 0.6 is 0 Å². The lowest BCUT2D eigenvalue weighted by Crippen LogP contribution is -2.48. The number of carbonyl (C=O) groups is 1. The van der Waals surface area contributed by atoms with E-state index in [0.29, 0.717) is 12.0 Å². The molecule has 0 radical (unpaired) electrons. The normalized spacial score (nSPS) is 19.1. The summed E-state index contributed by atoms with van der Waals surface area (Å²) in [7, 11) is 0. The molecule has 0 saturated heterocycles. The van der Waals surface area contributed by atoms with Crippen LogP contribution in [0.5, 0.6) is 5.75 Å². The number of hydrogen-bond donors (Lipinski definition) is 1. The molecule has 20 heavy (non-hydrogen) atoms. The Morgan fingerprint density at radius 3 is 2.60 bits per heavy atom. The number of benzene rings is 1. The van der Waals surface area contributed by atoms with Gasteiger partial charge in [0.2, 0.25) is 0 Å². The Kier molecular flexibility index (Phi) is 3.67. The van der Waals surface area contributed by atoms with Gasteiger partial charge in [-0.2, -0.15) is 13.2 Å². The minimum Gasteiger partial charge on any atom is -0.508 e. The molecule has 1 aliphatic heterocycles. The molecule has 1 atom stereocenters. The number of fused-ring (bicyclic) bond motifs is 1. The molecule has 0 spiro atoms. The number of carbonyl (C=O) groups excluding carboxylic acids is 1. The average molecular weight is 287 g/mol. The molecule has 1 unspecified atom stereocenters. The van der Waals surface area contributed by atoms with Gasteiger partial charge in [-0.3, -0.25) is 4.79 Å². The predicted molar refractivity (Wildman–Crippen MR) is 67.2 cm³/mol. The summed E-state index contributed by atoms with van der Waals surface area (Å²) in [5.74, 6) is -1.86. The molecule has 6 heteroatoms. The van der Waals surface area contributed by atoms with Gasteiger partial charge < -0.3 is 10.0 Å². The van der Waals surface area contributed by atoms with Gasteiger partial charge in [-0.15, -0.1) is 0 Å². The molecular weight excluding hydrogens is 271 g/mol. The molecule has 2 rings (SSSR count). The van der Waals surface area contributed by atoms with Crippen molar-refractivity contribution in [2.24, 2.45) is 5.92 Å². The van der Waals surface area contributed by atoms with Crippen LogP contribution in [0.2, 0.25) is 0 Å². The van der Waals surface area contributed by atoms with Crippen LogP contribution < -0.4 is 0 Å².